The van der Waals surface area contributed by atoms with Crippen molar-refractivity contribution in [2.45, 2.75) is 6.54 Å². The summed E-state index contributed by atoms with van der Waals surface area (Å²) < 4.78 is 15.3. The van der Waals surface area contributed by atoms with Gasteiger partial charge in [-0.15, -0.1) is 0 Å². The summed E-state index contributed by atoms with van der Waals surface area (Å²) in [6.07, 6.45) is 2.01. The average Bonchev–Trinajstić information content (AvgIpc) is 2.71. The molecule has 0 radical (unpaired) electrons. The largest absolute Gasteiger partial charge is 0.346 e. The van der Waals surface area contributed by atoms with Crippen molar-refractivity contribution in [2.24, 2.45) is 0 Å². The third-order valence-corrected chi connectivity index (χ3v) is 3.00. The van der Waals surface area contributed by atoms with Gasteiger partial charge in [-0.2, -0.15) is 0 Å². The van der Waals surface area contributed by atoms with Gasteiger partial charge in [-0.1, -0.05) is 0 Å². The smallest absolute Gasteiger partial charge is 0.125 e. The predicted octanol–water partition coefficient (Wildman–Crippen LogP) is 1.93. The molecule has 4 heteroatoms. The summed E-state index contributed by atoms with van der Waals surface area (Å²) in [7, 11) is 4.12. The van der Waals surface area contributed by atoms with Crippen LogP contribution < -0.4 is 5.32 Å². The fourth-order valence-corrected chi connectivity index (χ4v) is 1.98. The highest BCUT2D eigenvalue weighted by Crippen LogP contribution is 2.16. The van der Waals surface area contributed by atoms with E-state index in [1.807, 2.05) is 18.3 Å². The van der Waals surface area contributed by atoms with Crippen LogP contribution in [0.15, 0.2) is 30.5 Å². The number of halogens is 1. The third kappa shape index (κ3) is 3.31. The summed E-state index contributed by atoms with van der Waals surface area (Å²) in [6, 6.07) is 6.94. The highest BCUT2D eigenvalue weighted by molar-refractivity contribution is 5.80. The Balaban J connectivity index is 1.89. The highest BCUT2D eigenvalue weighted by Gasteiger charge is 2.01. The summed E-state index contributed by atoms with van der Waals surface area (Å²) in [5, 5.41) is 4.47. The van der Waals surface area contributed by atoms with E-state index in [9.17, 15) is 4.39 Å². The van der Waals surface area contributed by atoms with Gasteiger partial charge in [0.15, 0.2) is 0 Å². The summed E-state index contributed by atoms with van der Waals surface area (Å²) >= 11 is 0. The predicted molar refractivity (Wildman–Crippen MR) is 73.3 cm³/mol. The molecule has 0 unspecified atom stereocenters. The molecule has 0 amide bonds. The zero-order chi connectivity index (χ0) is 13.0. The Morgan fingerprint density at radius 1 is 1.22 bits per heavy atom. The molecule has 0 aliphatic heterocycles. The van der Waals surface area contributed by atoms with Crippen LogP contribution in [-0.2, 0) is 6.54 Å². The van der Waals surface area contributed by atoms with E-state index in [-0.39, 0.29) is 5.82 Å². The van der Waals surface area contributed by atoms with Crippen molar-refractivity contribution in [1.29, 1.82) is 0 Å². The zero-order valence-corrected chi connectivity index (χ0v) is 11.0. The fourth-order valence-electron chi connectivity index (χ4n) is 1.98. The van der Waals surface area contributed by atoms with Crippen molar-refractivity contribution in [2.75, 3.05) is 33.7 Å². The first-order chi connectivity index (χ1) is 8.66. The van der Waals surface area contributed by atoms with Gasteiger partial charge in [0.25, 0.3) is 0 Å². The molecule has 1 heterocycles. The number of fused-ring (bicyclic) bond motifs is 1. The van der Waals surface area contributed by atoms with Crippen molar-refractivity contribution in [3.05, 3.63) is 36.3 Å². The number of aromatic nitrogens is 1. The van der Waals surface area contributed by atoms with E-state index in [4.69, 9.17) is 0 Å². The first-order valence-corrected chi connectivity index (χ1v) is 6.26. The van der Waals surface area contributed by atoms with Gasteiger partial charge >= 0.3 is 0 Å². The minimum Gasteiger partial charge on any atom is -0.346 e. The number of rotatable bonds is 6. The Bertz CT molecular complexity index is 505. The standard InChI is InChI=1S/C14H20FN3/c1-17(2)9-6-16-7-10-18-8-5-12-3-4-13(15)11-14(12)18/h3-5,8,11,16H,6-7,9-10H2,1-2H3. The van der Waals surface area contributed by atoms with Gasteiger partial charge in [0, 0.05) is 32.4 Å². The molecule has 0 saturated carbocycles. The van der Waals surface area contributed by atoms with Crippen molar-refractivity contribution in [3.63, 3.8) is 0 Å². The van der Waals surface area contributed by atoms with E-state index in [1.165, 1.54) is 6.07 Å². The Kier molecular flexibility index (Phi) is 4.33. The van der Waals surface area contributed by atoms with Crippen LogP contribution in [0.1, 0.15) is 0 Å². The lowest BCUT2D eigenvalue weighted by Gasteiger charge is -2.11. The summed E-state index contributed by atoms with van der Waals surface area (Å²) in [5.74, 6) is -0.178. The molecule has 0 atom stereocenters. The second-order valence-electron chi connectivity index (χ2n) is 4.77. The van der Waals surface area contributed by atoms with E-state index < -0.39 is 0 Å². The van der Waals surface area contributed by atoms with Gasteiger partial charge in [0.2, 0.25) is 0 Å². The molecule has 0 fully saturated rings. The molecular formula is C14H20FN3. The van der Waals surface area contributed by atoms with Crippen molar-refractivity contribution >= 4 is 10.9 Å². The minimum atomic E-state index is -0.178. The number of likely N-dealkylation sites (N-methyl/N-ethyl adjacent to an activating group) is 1. The minimum absolute atomic E-state index is 0.178. The average molecular weight is 249 g/mol. The number of benzene rings is 1. The number of hydrogen-bond donors (Lipinski definition) is 1. The van der Waals surface area contributed by atoms with Gasteiger partial charge in [-0.05, 0) is 43.7 Å². The molecule has 18 heavy (non-hydrogen) atoms. The van der Waals surface area contributed by atoms with Crippen molar-refractivity contribution in [1.82, 2.24) is 14.8 Å². The van der Waals surface area contributed by atoms with E-state index in [1.54, 1.807) is 6.07 Å². The Morgan fingerprint density at radius 3 is 2.83 bits per heavy atom. The van der Waals surface area contributed by atoms with Crippen LogP contribution in [0.4, 0.5) is 4.39 Å². The van der Waals surface area contributed by atoms with Gasteiger partial charge in [0.1, 0.15) is 5.82 Å². The molecule has 1 aromatic heterocycles. The van der Waals surface area contributed by atoms with E-state index in [0.29, 0.717) is 0 Å². The Labute approximate surface area is 107 Å². The molecular weight excluding hydrogens is 229 g/mol. The third-order valence-electron chi connectivity index (χ3n) is 3.00. The number of nitrogens with one attached hydrogen (secondary N) is 1. The number of nitrogens with zero attached hydrogens (tertiary/aromatic N) is 2. The first kappa shape index (κ1) is 13.1. The normalized spacial score (nSPS) is 11.6. The monoisotopic (exact) mass is 249 g/mol. The molecule has 0 bridgehead atoms. The molecule has 0 spiro atoms. The summed E-state index contributed by atoms with van der Waals surface area (Å²) in [6.45, 7) is 3.76. The maximum Gasteiger partial charge on any atom is 0.125 e. The molecule has 0 aliphatic carbocycles. The lowest BCUT2D eigenvalue weighted by Crippen LogP contribution is -2.28. The van der Waals surface area contributed by atoms with Crippen LogP contribution in [-0.4, -0.2) is 43.2 Å². The molecule has 3 nitrogen and oxygen atoms in total. The molecule has 2 aromatic rings. The SMILES string of the molecule is CN(C)CCNCCn1ccc2ccc(F)cc21. The molecule has 98 valence electrons. The molecule has 1 N–H and O–H groups in total. The second kappa shape index (κ2) is 5.98. The first-order valence-electron chi connectivity index (χ1n) is 6.26. The summed E-state index contributed by atoms with van der Waals surface area (Å²) in [5.41, 5.74) is 0.962. The van der Waals surface area contributed by atoms with Crippen molar-refractivity contribution in [3.8, 4) is 0 Å². The lowest BCUT2D eigenvalue weighted by molar-refractivity contribution is 0.398. The van der Waals surface area contributed by atoms with Crippen molar-refractivity contribution < 1.29 is 4.39 Å². The second-order valence-corrected chi connectivity index (χ2v) is 4.77. The topological polar surface area (TPSA) is 20.2 Å². The van der Waals surface area contributed by atoms with E-state index in [0.717, 1.165) is 37.1 Å². The molecule has 2 rings (SSSR count). The number of hydrogen-bond acceptors (Lipinski definition) is 2. The molecule has 0 saturated heterocycles. The van der Waals surface area contributed by atoms with Crippen LogP contribution in [0, 0.1) is 5.82 Å². The van der Waals surface area contributed by atoms with Gasteiger partial charge in [-0.3, -0.25) is 0 Å². The molecule has 0 aliphatic rings. The van der Waals surface area contributed by atoms with E-state index in [2.05, 4.69) is 28.9 Å². The van der Waals surface area contributed by atoms with Gasteiger partial charge < -0.3 is 14.8 Å². The fraction of sp³-hybridized carbons (Fsp3) is 0.429. The quantitative estimate of drug-likeness (QED) is 0.789. The maximum atomic E-state index is 13.2. The maximum absolute atomic E-state index is 13.2. The summed E-state index contributed by atoms with van der Waals surface area (Å²) in [4.78, 5) is 2.15. The van der Waals surface area contributed by atoms with Crippen LogP contribution in [0.5, 0.6) is 0 Å². The Hall–Kier alpha value is -1.39. The van der Waals surface area contributed by atoms with Gasteiger partial charge in [0.05, 0.1) is 5.52 Å². The van der Waals surface area contributed by atoms with Crippen LogP contribution in [0.3, 0.4) is 0 Å². The van der Waals surface area contributed by atoms with Gasteiger partial charge in [-0.25, -0.2) is 4.39 Å². The zero-order valence-electron chi connectivity index (χ0n) is 11.0. The van der Waals surface area contributed by atoms with E-state index >= 15 is 0 Å². The van der Waals surface area contributed by atoms with Crippen LogP contribution in [0.2, 0.25) is 0 Å². The molecule has 1 aromatic carbocycles. The van der Waals surface area contributed by atoms with Crippen LogP contribution in [0.25, 0.3) is 10.9 Å². The lowest BCUT2D eigenvalue weighted by atomic mass is 10.2. The van der Waals surface area contributed by atoms with Crippen LogP contribution >= 0.6 is 0 Å². The highest BCUT2D eigenvalue weighted by atomic mass is 19.1. The Morgan fingerprint density at radius 2 is 2.06 bits per heavy atom.